The normalized spacial score (nSPS) is 16.6. The maximum absolute atomic E-state index is 12.9. The van der Waals surface area contributed by atoms with E-state index in [2.05, 4.69) is 0 Å². The fourth-order valence-corrected chi connectivity index (χ4v) is 4.84. The summed E-state index contributed by atoms with van der Waals surface area (Å²) in [5.41, 5.74) is 1.03. The summed E-state index contributed by atoms with van der Waals surface area (Å²) < 4.78 is 32.0. The fraction of sp³-hybridized carbons (Fsp3) is 0.333. The molecule has 0 N–H and O–H groups in total. The van der Waals surface area contributed by atoms with Gasteiger partial charge in [0, 0.05) is 13.6 Å². The van der Waals surface area contributed by atoms with E-state index >= 15 is 0 Å². The maximum atomic E-state index is 12.9. The minimum atomic E-state index is -3.96. The molecule has 1 amide bonds. The minimum Gasteiger partial charge on any atom is -0.497 e. The van der Waals surface area contributed by atoms with Gasteiger partial charge in [-0.25, -0.2) is 8.42 Å². The highest BCUT2D eigenvalue weighted by molar-refractivity contribution is 7.89. The van der Waals surface area contributed by atoms with E-state index in [-0.39, 0.29) is 29.0 Å². The van der Waals surface area contributed by atoms with Crippen LogP contribution in [-0.4, -0.2) is 50.8 Å². The highest BCUT2D eigenvalue weighted by Gasteiger charge is 2.33. The quantitative estimate of drug-likeness (QED) is 0.726. The SMILES string of the molecule is COc1cccc(C2CCCN2C(=O)CN(C)S(=O)(=O)c2ccccc2C#N)c1. The second kappa shape index (κ2) is 8.64. The molecule has 0 radical (unpaired) electrons. The second-order valence-electron chi connectivity index (χ2n) is 6.89. The Hall–Kier alpha value is -2.89. The first-order chi connectivity index (χ1) is 13.9. The predicted molar refractivity (Wildman–Crippen MR) is 108 cm³/mol. The predicted octanol–water partition coefficient (Wildman–Crippen LogP) is 2.55. The smallest absolute Gasteiger partial charge is 0.244 e. The summed E-state index contributed by atoms with van der Waals surface area (Å²) in [5, 5.41) is 9.20. The van der Waals surface area contributed by atoms with Gasteiger partial charge in [-0.2, -0.15) is 9.57 Å². The van der Waals surface area contributed by atoms with Gasteiger partial charge in [0.25, 0.3) is 0 Å². The molecule has 3 rings (SSSR count). The molecule has 29 heavy (non-hydrogen) atoms. The maximum Gasteiger partial charge on any atom is 0.244 e. The molecule has 1 saturated heterocycles. The monoisotopic (exact) mass is 413 g/mol. The van der Waals surface area contributed by atoms with Crippen LogP contribution in [0.3, 0.4) is 0 Å². The summed E-state index contributed by atoms with van der Waals surface area (Å²) in [4.78, 5) is 14.6. The van der Waals surface area contributed by atoms with Crippen LogP contribution < -0.4 is 4.74 Å². The highest BCUT2D eigenvalue weighted by atomic mass is 32.2. The first-order valence-electron chi connectivity index (χ1n) is 9.27. The van der Waals surface area contributed by atoms with Crippen LogP contribution in [0.1, 0.15) is 30.0 Å². The van der Waals surface area contributed by atoms with E-state index in [0.717, 1.165) is 28.5 Å². The van der Waals surface area contributed by atoms with Crippen molar-refractivity contribution in [2.24, 2.45) is 0 Å². The molecule has 0 spiro atoms. The Morgan fingerprint density at radius 3 is 2.76 bits per heavy atom. The molecule has 0 aliphatic carbocycles. The number of hydrogen-bond acceptors (Lipinski definition) is 5. The Balaban J connectivity index is 1.79. The number of methoxy groups -OCH3 is 1. The number of carbonyl (C=O) groups is 1. The number of likely N-dealkylation sites (tertiary alicyclic amines) is 1. The number of benzene rings is 2. The second-order valence-corrected chi connectivity index (χ2v) is 8.90. The number of rotatable bonds is 6. The van der Waals surface area contributed by atoms with Crippen LogP contribution in [0.4, 0.5) is 0 Å². The van der Waals surface area contributed by atoms with Gasteiger partial charge < -0.3 is 9.64 Å². The third-order valence-corrected chi connectivity index (χ3v) is 6.97. The summed E-state index contributed by atoms with van der Waals surface area (Å²) in [5.74, 6) is 0.449. The Morgan fingerprint density at radius 1 is 1.28 bits per heavy atom. The molecule has 1 aliphatic rings. The minimum absolute atomic E-state index is 0.0576. The zero-order chi connectivity index (χ0) is 21.0. The van der Waals surface area contributed by atoms with Gasteiger partial charge in [-0.15, -0.1) is 0 Å². The van der Waals surface area contributed by atoms with E-state index in [1.807, 2.05) is 30.3 Å². The molecule has 1 heterocycles. The van der Waals surface area contributed by atoms with Crippen molar-refractivity contribution in [2.45, 2.75) is 23.8 Å². The molecule has 7 nitrogen and oxygen atoms in total. The number of hydrogen-bond donors (Lipinski definition) is 0. The average molecular weight is 413 g/mol. The van der Waals surface area contributed by atoms with Gasteiger partial charge in [0.05, 0.1) is 30.2 Å². The molecule has 8 heteroatoms. The van der Waals surface area contributed by atoms with Crippen molar-refractivity contribution in [2.75, 3.05) is 27.2 Å². The Labute approximate surface area is 171 Å². The summed E-state index contributed by atoms with van der Waals surface area (Å²) in [6.07, 6.45) is 1.66. The van der Waals surface area contributed by atoms with Gasteiger partial charge in [-0.3, -0.25) is 4.79 Å². The molecule has 152 valence electrons. The molecular formula is C21H23N3O4S. The van der Waals surface area contributed by atoms with E-state index in [0.29, 0.717) is 6.54 Å². The number of carbonyl (C=O) groups excluding carboxylic acids is 1. The zero-order valence-corrected chi connectivity index (χ0v) is 17.2. The standard InChI is InChI=1S/C21H23N3O4S/c1-23(29(26,27)20-11-4-3-7-17(20)14-22)15-21(25)24-12-6-10-19(24)16-8-5-9-18(13-16)28-2/h3-5,7-9,11,13,19H,6,10,12,15H2,1-2H3. The molecule has 0 saturated carbocycles. The lowest BCUT2D eigenvalue weighted by Gasteiger charge is -2.27. The summed E-state index contributed by atoms with van der Waals surface area (Å²) in [7, 11) is -1.00. The van der Waals surface area contributed by atoms with E-state index in [1.54, 1.807) is 24.1 Å². The van der Waals surface area contributed by atoms with E-state index in [1.165, 1.54) is 19.2 Å². The van der Waals surface area contributed by atoms with Crippen molar-refractivity contribution in [3.63, 3.8) is 0 Å². The van der Waals surface area contributed by atoms with Gasteiger partial charge in [0.15, 0.2) is 0 Å². The van der Waals surface area contributed by atoms with Crippen LogP contribution >= 0.6 is 0 Å². The van der Waals surface area contributed by atoms with Gasteiger partial charge in [0.1, 0.15) is 11.8 Å². The topological polar surface area (TPSA) is 90.7 Å². The molecule has 1 atom stereocenters. The van der Waals surface area contributed by atoms with Crippen LogP contribution in [-0.2, 0) is 14.8 Å². The molecule has 0 bridgehead atoms. The van der Waals surface area contributed by atoms with Crippen LogP contribution in [0.2, 0.25) is 0 Å². The largest absolute Gasteiger partial charge is 0.497 e. The first kappa shape index (κ1) is 20.8. The van der Waals surface area contributed by atoms with Crippen molar-refractivity contribution in [3.8, 4) is 11.8 Å². The third-order valence-electron chi connectivity index (χ3n) is 5.11. The van der Waals surface area contributed by atoms with E-state index in [9.17, 15) is 18.5 Å². The van der Waals surface area contributed by atoms with Crippen molar-refractivity contribution in [3.05, 3.63) is 59.7 Å². The molecule has 1 unspecified atom stereocenters. The lowest BCUT2D eigenvalue weighted by Crippen LogP contribution is -2.41. The number of amides is 1. The number of ether oxygens (including phenoxy) is 1. The van der Waals surface area contributed by atoms with Crippen molar-refractivity contribution < 1.29 is 17.9 Å². The van der Waals surface area contributed by atoms with E-state index < -0.39 is 10.0 Å². The van der Waals surface area contributed by atoms with Crippen molar-refractivity contribution >= 4 is 15.9 Å². The molecule has 1 fully saturated rings. The van der Waals surface area contributed by atoms with Crippen LogP contribution in [0.5, 0.6) is 5.75 Å². The van der Waals surface area contributed by atoms with Gasteiger partial charge in [0.2, 0.25) is 15.9 Å². The van der Waals surface area contributed by atoms with Gasteiger partial charge in [-0.05, 0) is 42.7 Å². The molecule has 2 aromatic rings. The Kier molecular flexibility index (Phi) is 6.20. The van der Waals surface area contributed by atoms with Crippen LogP contribution in [0.25, 0.3) is 0 Å². The molecule has 0 aromatic heterocycles. The molecular weight excluding hydrogens is 390 g/mol. The molecule has 2 aromatic carbocycles. The Morgan fingerprint density at radius 2 is 2.03 bits per heavy atom. The number of nitriles is 1. The van der Waals surface area contributed by atoms with Crippen molar-refractivity contribution in [1.82, 2.24) is 9.21 Å². The first-order valence-corrected chi connectivity index (χ1v) is 10.7. The Bertz CT molecular complexity index is 1050. The highest BCUT2D eigenvalue weighted by Crippen LogP contribution is 2.33. The fourth-order valence-electron chi connectivity index (χ4n) is 3.58. The summed E-state index contributed by atoms with van der Waals surface area (Å²) in [6, 6.07) is 15.3. The van der Waals surface area contributed by atoms with Crippen molar-refractivity contribution in [1.29, 1.82) is 5.26 Å². The zero-order valence-electron chi connectivity index (χ0n) is 16.4. The lowest BCUT2D eigenvalue weighted by atomic mass is 10.0. The number of nitrogens with zero attached hydrogens (tertiary/aromatic N) is 3. The lowest BCUT2D eigenvalue weighted by molar-refractivity contribution is -0.132. The molecule has 1 aliphatic heterocycles. The van der Waals surface area contributed by atoms with Gasteiger partial charge >= 0.3 is 0 Å². The summed E-state index contributed by atoms with van der Waals surface area (Å²) in [6.45, 7) is 0.284. The van der Waals surface area contributed by atoms with Crippen LogP contribution in [0.15, 0.2) is 53.4 Å². The average Bonchev–Trinajstić information content (AvgIpc) is 3.23. The number of likely N-dealkylation sites (N-methyl/N-ethyl adjacent to an activating group) is 1. The number of sulfonamides is 1. The summed E-state index contributed by atoms with van der Waals surface area (Å²) >= 11 is 0. The van der Waals surface area contributed by atoms with Crippen LogP contribution in [0, 0.1) is 11.3 Å². The van der Waals surface area contributed by atoms with Gasteiger partial charge in [-0.1, -0.05) is 24.3 Å². The van der Waals surface area contributed by atoms with E-state index in [4.69, 9.17) is 4.74 Å². The third kappa shape index (κ3) is 4.26.